The predicted octanol–water partition coefficient (Wildman–Crippen LogP) is 3.11. The summed E-state index contributed by atoms with van der Waals surface area (Å²) in [6, 6.07) is 0. The van der Waals surface area contributed by atoms with Gasteiger partial charge in [0.2, 0.25) is 0 Å². The molecule has 4 heteroatoms. The number of hydrogen-bond donors (Lipinski definition) is 1. The SMILES string of the molecule is CCC1CCCCC1(NC)C(F)(F)F. The lowest BCUT2D eigenvalue weighted by molar-refractivity contribution is -0.220. The van der Waals surface area contributed by atoms with Crippen LogP contribution in [-0.4, -0.2) is 18.8 Å². The second kappa shape index (κ2) is 4.09. The number of nitrogens with one attached hydrogen (secondary N) is 1. The molecule has 0 aromatic heterocycles. The molecule has 0 spiro atoms. The van der Waals surface area contributed by atoms with Crippen LogP contribution in [0.4, 0.5) is 13.2 Å². The first kappa shape index (κ1) is 11.8. The van der Waals surface area contributed by atoms with Crippen molar-refractivity contribution >= 4 is 0 Å². The zero-order chi connectivity index (χ0) is 10.8. The Hall–Kier alpha value is -0.250. The van der Waals surface area contributed by atoms with E-state index in [0.717, 1.165) is 6.42 Å². The molecule has 0 aromatic rings. The molecule has 1 nitrogen and oxygen atoms in total. The molecule has 84 valence electrons. The second-order valence-corrected chi connectivity index (χ2v) is 4.07. The Morgan fingerprint density at radius 3 is 2.36 bits per heavy atom. The van der Waals surface area contributed by atoms with Crippen LogP contribution in [0.25, 0.3) is 0 Å². The molecule has 0 saturated heterocycles. The summed E-state index contributed by atoms with van der Waals surface area (Å²) in [4.78, 5) is 0. The minimum absolute atomic E-state index is 0.228. The van der Waals surface area contributed by atoms with Gasteiger partial charge >= 0.3 is 6.18 Å². The van der Waals surface area contributed by atoms with Crippen molar-refractivity contribution < 1.29 is 13.2 Å². The lowest BCUT2D eigenvalue weighted by Crippen LogP contribution is -2.61. The zero-order valence-corrected chi connectivity index (χ0v) is 8.75. The number of alkyl halides is 3. The lowest BCUT2D eigenvalue weighted by atomic mass is 9.71. The van der Waals surface area contributed by atoms with E-state index in [9.17, 15) is 13.2 Å². The van der Waals surface area contributed by atoms with Gasteiger partial charge < -0.3 is 5.32 Å². The maximum absolute atomic E-state index is 13.0. The molecular formula is C10H18F3N. The van der Waals surface area contributed by atoms with Crippen LogP contribution < -0.4 is 5.32 Å². The van der Waals surface area contributed by atoms with Crippen molar-refractivity contribution in [3.63, 3.8) is 0 Å². The summed E-state index contributed by atoms with van der Waals surface area (Å²) < 4.78 is 38.9. The van der Waals surface area contributed by atoms with Crippen LogP contribution in [0.2, 0.25) is 0 Å². The second-order valence-electron chi connectivity index (χ2n) is 4.07. The van der Waals surface area contributed by atoms with Crippen molar-refractivity contribution in [3.05, 3.63) is 0 Å². The van der Waals surface area contributed by atoms with Crippen LogP contribution in [0, 0.1) is 5.92 Å². The van der Waals surface area contributed by atoms with Gasteiger partial charge in [-0.05, 0) is 25.8 Å². The van der Waals surface area contributed by atoms with E-state index < -0.39 is 11.7 Å². The minimum atomic E-state index is -4.12. The van der Waals surface area contributed by atoms with Crippen LogP contribution in [-0.2, 0) is 0 Å². The fourth-order valence-electron chi connectivity index (χ4n) is 2.64. The average molecular weight is 209 g/mol. The fraction of sp³-hybridized carbons (Fsp3) is 1.00. The summed E-state index contributed by atoms with van der Waals surface area (Å²) in [7, 11) is 1.43. The maximum Gasteiger partial charge on any atom is 0.406 e. The van der Waals surface area contributed by atoms with Gasteiger partial charge in [0, 0.05) is 0 Å². The predicted molar refractivity (Wildman–Crippen MR) is 50.1 cm³/mol. The molecule has 2 atom stereocenters. The van der Waals surface area contributed by atoms with Gasteiger partial charge in [0.25, 0.3) is 0 Å². The lowest BCUT2D eigenvalue weighted by Gasteiger charge is -2.45. The summed E-state index contributed by atoms with van der Waals surface area (Å²) >= 11 is 0. The summed E-state index contributed by atoms with van der Waals surface area (Å²) in [6.07, 6.45) is -1.000. The van der Waals surface area contributed by atoms with Gasteiger partial charge in [0.1, 0.15) is 5.54 Å². The molecule has 1 saturated carbocycles. The standard InChI is InChI=1S/C10H18F3N/c1-3-8-6-4-5-7-9(8,14-2)10(11,12)13/h8,14H,3-7H2,1-2H3. The Morgan fingerprint density at radius 2 is 2.00 bits per heavy atom. The highest BCUT2D eigenvalue weighted by Crippen LogP contribution is 2.46. The molecule has 1 rings (SSSR count). The van der Waals surface area contributed by atoms with Gasteiger partial charge in [0.15, 0.2) is 0 Å². The number of hydrogen-bond acceptors (Lipinski definition) is 1. The Labute approximate surface area is 83.1 Å². The summed E-state index contributed by atoms with van der Waals surface area (Å²) in [6.45, 7) is 1.84. The normalized spacial score (nSPS) is 34.5. The van der Waals surface area contributed by atoms with Crippen molar-refractivity contribution in [2.45, 2.75) is 50.7 Å². The summed E-state index contributed by atoms with van der Waals surface area (Å²) in [5.74, 6) is -0.263. The molecule has 1 N–H and O–H groups in total. The minimum Gasteiger partial charge on any atom is -0.306 e. The Balaban J connectivity index is 2.93. The molecule has 0 amide bonds. The quantitative estimate of drug-likeness (QED) is 0.736. The Bertz CT molecular complexity index is 190. The summed E-state index contributed by atoms with van der Waals surface area (Å²) in [5.41, 5.74) is -1.62. The van der Waals surface area contributed by atoms with Crippen LogP contribution in [0.5, 0.6) is 0 Å². The largest absolute Gasteiger partial charge is 0.406 e. The Kier molecular flexibility index (Phi) is 3.45. The number of rotatable bonds is 2. The molecule has 1 fully saturated rings. The molecule has 14 heavy (non-hydrogen) atoms. The van der Waals surface area contributed by atoms with Gasteiger partial charge in [-0.25, -0.2) is 0 Å². The first-order chi connectivity index (χ1) is 6.48. The van der Waals surface area contributed by atoms with Gasteiger partial charge in [0.05, 0.1) is 0 Å². The van der Waals surface area contributed by atoms with Crippen molar-refractivity contribution in [1.29, 1.82) is 0 Å². The van der Waals surface area contributed by atoms with E-state index in [-0.39, 0.29) is 12.3 Å². The molecule has 0 heterocycles. The van der Waals surface area contributed by atoms with E-state index in [1.807, 2.05) is 6.92 Å². The highest BCUT2D eigenvalue weighted by Gasteiger charge is 2.58. The molecule has 1 aliphatic rings. The Morgan fingerprint density at radius 1 is 1.36 bits per heavy atom. The van der Waals surface area contributed by atoms with Crippen LogP contribution in [0.15, 0.2) is 0 Å². The third kappa shape index (κ3) is 1.76. The van der Waals surface area contributed by atoms with E-state index >= 15 is 0 Å². The molecule has 2 unspecified atom stereocenters. The number of halogens is 3. The summed E-state index contributed by atoms with van der Waals surface area (Å²) in [5, 5.41) is 2.53. The molecule has 1 aliphatic carbocycles. The maximum atomic E-state index is 13.0. The van der Waals surface area contributed by atoms with Gasteiger partial charge in [-0.3, -0.25) is 0 Å². The van der Waals surface area contributed by atoms with Crippen molar-refractivity contribution in [3.8, 4) is 0 Å². The van der Waals surface area contributed by atoms with Crippen LogP contribution >= 0.6 is 0 Å². The molecular weight excluding hydrogens is 191 g/mol. The van der Waals surface area contributed by atoms with E-state index in [2.05, 4.69) is 5.32 Å². The monoisotopic (exact) mass is 209 g/mol. The van der Waals surface area contributed by atoms with Gasteiger partial charge in [-0.1, -0.05) is 26.2 Å². The first-order valence-electron chi connectivity index (χ1n) is 5.23. The van der Waals surface area contributed by atoms with E-state index in [1.54, 1.807) is 0 Å². The third-order valence-electron chi connectivity index (χ3n) is 3.52. The molecule has 0 radical (unpaired) electrons. The molecule has 0 aromatic carbocycles. The van der Waals surface area contributed by atoms with Crippen LogP contribution in [0.1, 0.15) is 39.0 Å². The van der Waals surface area contributed by atoms with E-state index in [1.165, 1.54) is 7.05 Å². The van der Waals surface area contributed by atoms with Crippen molar-refractivity contribution in [2.75, 3.05) is 7.05 Å². The first-order valence-corrected chi connectivity index (χ1v) is 5.23. The fourth-order valence-corrected chi connectivity index (χ4v) is 2.64. The topological polar surface area (TPSA) is 12.0 Å². The smallest absolute Gasteiger partial charge is 0.306 e. The van der Waals surface area contributed by atoms with Crippen molar-refractivity contribution in [1.82, 2.24) is 5.32 Å². The molecule has 0 bridgehead atoms. The molecule has 0 aliphatic heterocycles. The highest BCUT2D eigenvalue weighted by atomic mass is 19.4. The highest BCUT2D eigenvalue weighted by molar-refractivity contribution is 5.01. The van der Waals surface area contributed by atoms with Gasteiger partial charge in [-0.2, -0.15) is 13.2 Å². The van der Waals surface area contributed by atoms with Crippen LogP contribution in [0.3, 0.4) is 0 Å². The van der Waals surface area contributed by atoms with Gasteiger partial charge in [-0.15, -0.1) is 0 Å². The van der Waals surface area contributed by atoms with E-state index in [0.29, 0.717) is 19.3 Å². The third-order valence-corrected chi connectivity index (χ3v) is 3.52. The zero-order valence-electron chi connectivity index (χ0n) is 8.75. The average Bonchev–Trinajstić information content (AvgIpc) is 2.15. The van der Waals surface area contributed by atoms with Crippen molar-refractivity contribution in [2.24, 2.45) is 5.92 Å². The van der Waals surface area contributed by atoms with E-state index in [4.69, 9.17) is 0 Å².